The first-order valence-corrected chi connectivity index (χ1v) is 7.93. The van der Waals surface area contributed by atoms with Crippen molar-refractivity contribution < 1.29 is 0 Å². The lowest BCUT2D eigenvalue weighted by molar-refractivity contribution is 0.587. The molecule has 21 heavy (non-hydrogen) atoms. The average Bonchev–Trinajstić information content (AvgIpc) is 2.48. The molecule has 5 nitrogen and oxygen atoms in total. The van der Waals surface area contributed by atoms with Gasteiger partial charge in [0.05, 0.1) is 0 Å². The number of aromatic nitrogens is 1. The summed E-state index contributed by atoms with van der Waals surface area (Å²) in [6.07, 6.45) is 8.56. The maximum absolute atomic E-state index is 11.5. The van der Waals surface area contributed by atoms with E-state index in [-0.39, 0.29) is 5.56 Å². The van der Waals surface area contributed by atoms with Gasteiger partial charge in [0, 0.05) is 31.9 Å². The van der Waals surface area contributed by atoms with Crippen molar-refractivity contribution in [2.45, 2.75) is 52.0 Å². The van der Waals surface area contributed by atoms with E-state index in [9.17, 15) is 4.79 Å². The van der Waals surface area contributed by atoms with E-state index < -0.39 is 0 Å². The highest BCUT2D eigenvalue weighted by molar-refractivity contribution is 5.77. The molecule has 1 aromatic rings. The molecule has 0 aliphatic heterocycles. The Morgan fingerprint density at radius 1 is 1.24 bits per heavy atom. The molecule has 0 aromatic carbocycles. The Labute approximate surface area is 127 Å². The third kappa shape index (κ3) is 8.17. The van der Waals surface area contributed by atoms with Crippen LogP contribution in [0.4, 0.5) is 0 Å². The van der Waals surface area contributed by atoms with E-state index in [1.54, 1.807) is 16.7 Å². The van der Waals surface area contributed by atoms with Crippen LogP contribution in [-0.4, -0.2) is 23.6 Å². The molecule has 118 valence electrons. The van der Waals surface area contributed by atoms with E-state index in [2.05, 4.69) is 17.2 Å². The molecule has 0 atom stereocenters. The summed E-state index contributed by atoms with van der Waals surface area (Å²) in [5.74, 6) is 0.531. The van der Waals surface area contributed by atoms with Crippen LogP contribution in [0.25, 0.3) is 0 Å². The molecular weight excluding hydrogens is 264 g/mol. The maximum atomic E-state index is 11.5. The number of unbranched alkanes of at least 4 members (excludes halogenated alkanes) is 4. The molecule has 0 aliphatic rings. The first-order chi connectivity index (χ1) is 10.2. The molecule has 0 bridgehead atoms. The van der Waals surface area contributed by atoms with E-state index in [0.29, 0.717) is 5.96 Å². The first-order valence-electron chi connectivity index (χ1n) is 7.93. The highest BCUT2D eigenvalue weighted by Gasteiger charge is 1.95. The number of nitrogens with zero attached hydrogens (tertiary/aromatic N) is 2. The monoisotopic (exact) mass is 292 g/mol. The molecule has 0 saturated carbocycles. The van der Waals surface area contributed by atoms with Gasteiger partial charge in [0.25, 0.3) is 0 Å². The van der Waals surface area contributed by atoms with Gasteiger partial charge in [0.15, 0.2) is 5.96 Å². The quantitative estimate of drug-likeness (QED) is 0.394. The number of pyridine rings is 1. The van der Waals surface area contributed by atoms with Crippen molar-refractivity contribution in [3.8, 4) is 0 Å². The lowest BCUT2D eigenvalue weighted by Crippen LogP contribution is -2.32. The Balaban J connectivity index is 2.07. The molecule has 0 spiro atoms. The van der Waals surface area contributed by atoms with Crippen LogP contribution in [-0.2, 0) is 6.54 Å². The summed E-state index contributed by atoms with van der Waals surface area (Å²) in [6.45, 7) is 4.54. The number of guanidine groups is 1. The number of nitrogens with two attached hydrogens (primary N) is 1. The molecule has 1 rings (SSSR count). The van der Waals surface area contributed by atoms with Gasteiger partial charge in [0.1, 0.15) is 0 Å². The number of hydrogen-bond acceptors (Lipinski definition) is 2. The Bertz CT molecular complexity index is 467. The highest BCUT2D eigenvalue weighted by Crippen LogP contribution is 1.98. The predicted molar refractivity (Wildman–Crippen MR) is 88.6 cm³/mol. The lowest BCUT2D eigenvalue weighted by Gasteiger charge is -2.07. The SMILES string of the molecule is CCCCCCN=C(N)NCCCCn1ccccc1=O. The zero-order chi connectivity index (χ0) is 15.3. The van der Waals surface area contributed by atoms with Crippen LogP contribution >= 0.6 is 0 Å². The third-order valence-electron chi connectivity index (χ3n) is 3.32. The summed E-state index contributed by atoms with van der Waals surface area (Å²) in [7, 11) is 0. The molecule has 0 fully saturated rings. The minimum atomic E-state index is 0.0543. The van der Waals surface area contributed by atoms with Crippen molar-refractivity contribution in [2.75, 3.05) is 13.1 Å². The van der Waals surface area contributed by atoms with Crippen LogP contribution < -0.4 is 16.6 Å². The minimum Gasteiger partial charge on any atom is -0.370 e. The molecule has 0 unspecified atom stereocenters. The highest BCUT2D eigenvalue weighted by atomic mass is 16.1. The summed E-state index contributed by atoms with van der Waals surface area (Å²) < 4.78 is 1.73. The van der Waals surface area contributed by atoms with Crippen LogP contribution in [0, 0.1) is 0 Å². The summed E-state index contributed by atoms with van der Waals surface area (Å²) in [5, 5.41) is 3.11. The maximum Gasteiger partial charge on any atom is 0.250 e. The average molecular weight is 292 g/mol. The summed E-state index contributed by atoms with van der Waals surface area (Å²) in [6, 6.07) is 5.22. The van der Waals surface area contributed by atoms with Crippen LogP contribution in [0.3, 0.4) is 0 Å². The zero-order valence-electron chi connectivity index (χ0n) is 13.1. The minimum absolute atomic E-state index is 0.0543. The van der Waals surface area contributed by atoms with Crippen molar-refractivity contribution >= 4 is 5.96 Å². The van der Waals surface area contributed by atoms with Crippen LogP contribution in [0.1, 0.15) is 45.4 Å². The number of rotatable bonds is 10. The summed E-state index contributed by atoms with van der Waals surface area (Å²) in [5.41, 5.74) is 5.84. The molecule has 1 heterocycles. The van der Waals surface area contributed by atoms with Gasteiger partial charge in [-0.2, -0.15) is 0 Å². The molecule has 3 N–H and O–H groups in total. The van der Waals surface area contributed by atoms with E-state index in [0.717, 1.165) is 38.9 Å². The van der Waals surface area contributed by atoms with E-state index >= 15 is 0 Å². The molecule has 0 radical (unpaired) electrons. The van der Waals surface area contributed by atoms with Crippen LogP contribution in [0.5, 0.6) is 0 Å². The molecule has 1 aromatic heterocycles. The second kappa shape index (κ2) is 10.9. The number of aryl methyl sites for hydroxylation is 1. The number of hydrogen-bond donors (Lipinski definition) is 2. The number of aliphatic imine (C=N–C) groups is 1. The zero-order valence-corrected chi connectivity index (χ0v) is 13.1. The fraction of sp³-hybridized carbons (Fsp3) is 0.625. The standard InChI is InChI=1S/C16H28N4O/c1-2-3-4-6-11-18-16(17)19-12-7-9-14-20-13-8-5-10-15(20)21/h5,8,10,13H,2-4,6-7,9,11-12,14H2,1H3,(H3,17,18,19). The van der Waals surface area contributed by atoms with E-state index in [4.69, 9.17) is 5.73 Å². The Morgan fingerprint density at radius 2 is 2.10 bits per heavy atom. The lowest BCUT2D eigenvalue weighted by atomic mass is 10.2. The second-order valence-electron chi connectivity index (χ2n) is 5.19. The van der Waals surface area contributed by atoms with Crippen molar-refractivity contribution in [3.05, 3.63) is 34.7 Å². The van der Waals surface area contributed by atoms with Crippen LogP contribution in [0.2, 0.25) is 0 Å². The van der Waals surface area contributed by atoms with Gasteiger partial charge in [-0.1, -0.05) is 32.3 Å². The van der Waals surface area contributed by atoms with Gasteiger partial charge in [-0.05, 0) is 25.3 Å². The largest absolute Gasteiger partial charge is 0.370 e. The fourth-order valence-electron chi connectivity index (χ4n) is 2.06. The Kier molecular flexibility index (Phi) is 9.00. The first kappa shape index (κ1) is 17.3. The normalized spacial score (nSPS) is 11.6. The van der Waals surface area contributed by atoms with Gasteiger partial charge in [-0.15, -0.1) is 0 Å². The van der Waals surface area contributed by atoms with Crippen molar-refractivity contribution in [1.82, 2.24) is 9.88 Å². The molecule has 0 saturated heterocycles. The summed E-state index contributed by atoms with van der Waals surface area (Å²) in [4.78, 5) is 15.8. The molecule has 0 amide bonds. The fourth-order valence-corrected chi connectivity index (χ4v) is 2.06. The van der Waals surface area contributed by atoms with E-state index in [1.807, 2.05) is 12.3 Å². The van der Waals surface area contributed by atoms with Crippen molar-refractivity contribution in [2.24, 2.45) is 10.7 Å². The Morgan fingerprint density at radius 3 is 2.86 bits per heavy atom. The van der Waals surface area contributed by atoms with Gasteiger partial charge < -0.3 is 15.6 Å². The topological polar surface area (TPSA) is 72.4 Å². The molecule has 5 heteroatoms. The predicted octanol–water partition coefficient (Wildman–Crippen LogP) is 2.11. The number of nitrogens with one attached hydrogen (secondary N) is 1. The van der Waals surface area contributed by atoms with E-state index in [1.165, 1.54) is 19.3 Å². The van der Waals surface area contributed by atoms with Crippen molar-refractivity contribution in [1.29, 1.82) is 0 Å². The molecular formula is C16H28N4O. The van der Waals surface area contributed by atoms with Gasteiger partial charge in [0.2, 0.25) is 5.56 Å². The smallest absolute Gasteiger partial charge is 0.250 e. The second-order valence-corrected chi connectivity index (χ2v) is 5.19. The van der Waals surface area contributed by atoms with Gasteiger partial charge >= 0.3 is 0 Å². The van der Waals surface area contributed by atoms with Crippen molar-refractivity contribution in [3.63, 3.8) is 0 Å². The third-order valence-corrected chi connectivity index (χ3v) is 3.32. The van der Waals surface area contributed by atoms with Gasteiger partial charge in [-0.3, -0.25) is 9.79 Å². The Hall–Kier alpha value is -1.78. The molecule has 0 aliphatic carbocycles. The summed E-state index contributed by atoms with van der Waals surface area (Å²) >= 11 is 0. The van der Waals surface area contributed by atoms with Crippen LogP contribution in [0.15, 0.2) is 34.2 Å². The van der Waals surface area contributed by atoms with Gasteiger partial charge in [-0.25, -0.2) is 0 Å².